The van der Waals surface area contributed by atoms with E-state index in [9.17, 15) is 13.2 Å². The van der Waals surface area contributed by atoms with E-state index in [2.05, 4.69) is 59.5 Å². The summed E-state index contributed by atoms with van der Waals surface area (Å²) in [6, 6.07) is 14.0. The van der Waals surface area contributed by atoms with Gasteiger partial charge < -0.3 is 10.2 Å². The van der Waals surface area contributed by atoms with E-state index < -0.39 is 15.9 Å². The minimum atomic E-state index is -4.29. The number of rotatable bonds is 2. The lowest BCUT2D eigenvalue weighted by atomic mass is 9.90. The Kier molecular flexibility index (Phi) is 7.55. The van der Waals surface area contributed by atoms with E-state index in [4.69, 9.17) is 9.97 Å². The molecule has 3 aromatic rings. The van der Waals surface area contributed by atoms with E-state index in [1.165, 1.54) is 6.07 Å². The van der Waals surface area contributed by atoms with Gasteiger partial charge in [0.25, 0.3) is 15.9 Å². The number of nitrogens with one attached hydrogen (secondary N) is 2. The van der Waals surface area contributed by atoms with Crippen molar-refractivity contribution < 1.29 is 13.2 Å². The maximum atomic E-state index is 13.7. The van der Waals surface area contributed by atoms with Crippen molar-refractivity contribution in [2.45, 2.75) is 75.9 Å². The van der Waals surface area contributed by atoms with Crippen molar-refractivity contribution in [1.82, 2.24) is 19.7 Å². The van der Waals surface area contributed by atoms with Crippen molar-refractivity contribution in [3.05, 3.63) is 77.3 Å². The fourth-order valence-electron chi connectivity index (χ4n) is 6.29. The van der Waals surface area contributed by atoms with E-state index in [1.807, 2.05) is 30.3 Å². The maximum Gasteiger partial charge on any atom is 0.281 e. The molecule has 0 aromatic carbocycles. The van der Waals surface area contributed by atoms with Crippen LogP contribution in [0.15, 0.2) is 64.6 Å². The van der Waals surface area contributed by atoms with Crippen molar-refractivity contribution in [2.24, 2.45) is 10.9 Å². The van der Waals surface area contributed by atoms with E-state index >= 15 is 0 Å². The van der Waals surface area contributed by atoms with E-state index in [-0.39, 0.29) is 27.6 Å². The SMILES string of the molecule is CC(C)(C)c1ccc2c(n1)N1C[C@@H](CC[C@H](c3cccc(C4=CC=NC4)n3)Nc3cccc(n3)S(=O)(=O)NC2=O)CC1(C)C. The van der Waals surface area contributed by atoms with Gasteiger partial charge in [-0.1, -0.05) is 32.9 Å². The number of hydrogen-bond donors (Lipinski definition) is 2. The van der Waals surface area contributed by atoms with Gasteiger partial charge in [0.1, 0.15) is 11.6 Å². The monoisotopic (exact) mass is 613 g/mol. The first kappa shape index (κ1) is 29.9. The second kappa shape index (κ2) is 11.1. The molecular weight excluding hydrogens is 574 g/mol. The van der Waals surface area contributed by atoms with Crippen molar-refractivity contribution in [1.29, 1.82) is 0 Å². The molecule has 6 heterocycles. The van der Waals surface area contributed by atoms with Crippen molar-refractivity contribution in [2.75, 3.05) is 23.3 Å². The van der Waals surface area contributed by atoms with Gasteiger partial charge in [0.15, 0.2) is 5.03 Å². The first-order valence-electron chi connectivity index (χ1n) is 15.1. The zero-order chi connectivity index (χ0) is 31.3. The zero-order valence-corrected chi connectivity index (χ0v) is 26.6. The number of carbonyl (C=O) groups is 1. The molecule has 0 spiro atoms. The molecule has 0 unspecified atom stereocenters. The lowest BCUT2D eigenvalue weighted by Gasteiger charge is -2.34. The summed E-state index contributed by atoms with van der Waals surface area (Å²) >= 11 is 0. The summed E-state index contributed by atoms with van der Waals surface area (Å²) < 4.78 is 29.2. The molecule has 2 N–H and O–H groups in total. The molecule has 1 saturated heterocycles. The van der Waals surface area contributed by atoms with Gasteiger partial charge in [-0.25, -0.2) is 14.7 Å². The Morgan fingerprint density at radius 3 is 2.52 bits per heavy atom. The quantitative estimate of drug-likeness (QED) is 0.398. The molecule has 3 aliphatic rings. The molecule has 3 aromatic heterocycles. The second-order valence-electron chi connectivity index (χ2n) is 13.5. The summed E-state index contributed by atoms with van der Waals surface area (Å²) in [4.78, 5) is 34.6. The minimum absolute atomic E-state index is 0.224. The molecule has 3 aliphatic heterocycles. The number of aromatic nitrogens is 3. The molecule has 11 heteroatoms. The highest BCUT2D eigenvalue weighted by Crippen LogP contribution is 2.41. The van der Waals surface area contributed by atoms with Gasteiger partial charge in [0.2, 0.25) is 0 Å². The van der Waals surface area contributed by atoms with Crippen LogP contribution < -0.4 is 14.9 Å². The third-order valence-corrected chi connectivity index (χ3v) is 9.85. The number of hydrogen-bond acceptors (Lipinski definition) is 9. The topological polar surface area (TPSA) is 130 Å². The molecule has 44 heavy (non-hydrogen) atoms. The van der Waals surface area contributed by atoms with Crippen LogP contribution in [0.25, 0.3) is 5.57 Å². The molecule has 2 atom stereocenters. The molecule has 10 nitrogen and oxygen atoms in total. The number of sulfonamides is 1. The second-order valence-corrected chi connectivity index (χ2v) is 15.1. The number of fused-ring (bicyclic) bond motifs is 6. The number of amides is 1. The molecule has 230 valence electrons. The van der Waals surface area contributed by atoms with Crippen LogP contribution in [0, 0.1) is 5.92 Å². The number of nitrogens with zero attached hydrogens (tertiary/aromatic N) is 5. The predicted octanol–water partition coefficient (Wildman–Crippen LogP) is 5.31. The van der Waals surface area contributed by atoms with Crippen LogP contribution in [0.2, 0.25) is 0 Å². The van der Waals surface area contributed by atoms with Crippen LogP contribution in [0.4, 0.5) is 11.6 Å². The fraction of sp³-hybridized carbons (Fsp3) is 0.424. The fourth-order valence-corrected chi connectivity index (χ4v) is 7.22. The van der Waals surface area contributed by atoms with Crippen LogP contribution in [0.5, 0.6) is 0 Å². The third kappa shape index (κ3) is 5.97. The van der Waals surface area contributed by atoms with Gasteiger partial charge in [-0.3, -0.25) is 14.8 Å². The summed E-state index contributed by atoms with van der Waals surface area (Å²) in [7, 11) is -4.29. The Labute approximate surface area is 259 Å². The molecule has 0 aliphatic carbocycles. The van der Waals surface area contributed by atoms with Crippen molar-refractivity contribution in [3.63, 3.8) is 0 Å². The summed E-state index contributed by atoms with van der Waals surface area (Å²) in [5.41, 5.74) is 3.26. The highest BCUT2D eigenvalue weighted by molar-refractivity contribution is 7.90. The number of aliphatic imine (C=N–C) groups is 1. The molecule has 1 amide bonds. The van der Waals surface area contributed by atoms with Gasteiger partial charge in [0, 0.05) is 35.0 Å². The molecule has 0 saturated carbocycles. The van der Waals surface area contributed by atoms with Gasteiger partial charge >= 0.3 is 0 Å². The largest absolute Gasteiger partial charge is 0.362 e. The summed E-state index contributed by atoms with van der Waals surface area (Å²) in [5, 5.41) is 3.22. The average molecular weight is 614 g/mol. The van der Waals surface area contributed by atoms with Gasteiger partial charge in [-0.05, 0) is 81.5 Å². The summed E-state index contributed by atoms with van der Waals surface area (Å²) in [5.74, 6) is 0.477. The van der Waals surface area contributed by atoms with Gasteiger partial charge in [0.05, 0.1) is 29.5 Å². The van der Waals surface area contributed by atoms with E-state index in [0.29, 0.717) is 30.6 Å². The molecular formula is C33H39N7O3S. The van der Waals surface area contributed by atoms with Crippen LogP contribution in [-0.4, -0.2) is 54.1 Å². The highest BCUT2D eigenvalue weighted by atomic mass is 32.2. The summed E-state index contributed by atoms with van der Waals surface area (Å²) in [6.07, 6.45) is 6.30. The zero-order valence-electron chi connectivity index (χ0n) is 25.8. The number of carbonyl (C=O) groups excluding carboxylic acids is 1. The van der Waals surface area contributed by atoms with E-state index in [1.54, 1.807) is 24.4 Å². The minimum Gasteiger partial charge on any atom is -0.362 e. The van der Waals surface area contributed by atoms with Gasteiger partial charge in [-0.15, -0.1) is 0 Å². The van der Waals surface area contributed by atoms with Crippen LogP contribution in [0.1, 0.15) is 87.4 Å². The first-order chi connectivity index (χ1) is 20.8. The van der Waals surface area contributed by atoms with E-state index in [0.717, 1.165) is 41.9 Å². The molecule has 4 bridgehead atoms. The van der Waals surface area contributed by atoms with Crippen molar-refractivity contribution in [3.8, 4) is 0 Å². The Balaban J connectivity index is 1.44. The molecule has 1 fully saturated rings. The Bertz CT molecular complexity index is 1780. The maximum absolute atomic E-state index is 13.7. The van der Waals surface area contributed by atoms with Crippen LogP contribution >= 0.6 is 0 Å². The van der Waals surface area contributed by atoms with Crippen LogP contribution in [-0.2, 0) is 15.4 Å². The normalized spacial score (nSPS) is 22.7. The van der Waals surface area contributed by atoms with Crippen LogP contribution in [0.3, 0.4) is 0 Å². The highest BCUT2D eigenvalue weighted by Gasteiger charge is 2.41. The molecule has 6 rings (SSSR count). The predicted molar refractivity (Wildman–Crippen MR) is 173 cm³/mol. The number of pyridine rings is 3. The Morgan fingerprint density at radius 1 is 0.977 bits per heavy atom. The Hall–Kier alpha value is -4.12. The Morgan fingerprint density at radius 2 is 1.77 bits per heavy atom. The lowest BCUT2D eigenvalue weighted by Crippen LogP contribution is -2.41. The number of anilines is 2. The first-order valence-corrected chi connectivity index (χ1v) is 16.5. The lowest BCUT2D eigenvalue weighted by molar-refractivity contribution is 0.0981. The van der Waals surface area contributed by atoms with Gasteiger partial charge in [-0.2, -0.15) is 8.42 Å². The van der Waals surface area contributed by atoms with Crippen molar-refractivity contribution >= 4 is 39.4 Å². The molecule has 0 radical (unpaired) electrons. The standard InChI is InChI=1S/C33H39N7O3S/c1-32(2,3)27-15-13-23-30(37-27)40-20-21(18-33(40,4)5)12-14-26(25-9-6-8-24(35-25)22-16-17-34-19-22)36-28-10-7-11-29(38-28)44(42,43)39-31(23)41/h6-11,13,15-17,21,26H,12,14,18-20H2,1-5H3,(H,36,38)(H,39,41)/t21-,26+/m0/s1. The average Bonchev–Trinajstić information content (AvgIpc) is 3.62. The summed E-state index contributed by atoms with van der Waals surface area (Å²) in [6.45, 7) is 11.8. The third-order valence-electron chi connectivity index (χ3n) is 8.61. The smallest absolute Gasteiger partial charge is 0.281 e. The number of allylic oxidation sites excluding steroid dienone is 1.